The fourth-order valence-corrected chi connectivity index (χ4v) is 2.85. The molecule has 0 amide bonds. The lowest BCUT2D eigenvalue weighted by atomic mass is 10.1. The number of nitrogens with zero attached hydrogens (tertiary/aromatic N) is 1. The van der Waals surface area contributed by atoms with Crippen LogP contribution in [0.1, 0.15) is 17.2 Å². The van der Waals surface area contributed by atoms with E-state index in [0.29, 0.717) is 28.8 Å². The van der Waals surface area contributed by atoms with Crippen molar-refractivity contribution in [3.63, 3.8) is 0 Å². The number of hydrogen-bond donors (Lipinski definition) is 2. The van der Waals surface area contributed by atoms with Crippen LogP contribution in [0.5, 0.6) is 0 Å². The first-order chi connectivity index (χ1) is 11.9. The summed E-state index contributed by atoms with van der Waals surface area (Å²) in [5.74, 6) is -0.627. The van der Waals surface area contributed by atoms with Crippen LogP contribution in [0.15, 0.2) is 42.5 Å². The molecule has 25 heavy (non-hydrogen) atoms. The molecule has 2 rings (SSSR count). The second-order valence-corrected chi connectivity index (χ2v) is 6.62. The summed E-state index contributed by atoms with van der Waals surface area (Å²) in [6, 6.07) is 10.5. The van der Waals surface area contributed by atoms with Crippen LogP contribution in [0.3, 0.4) is 0 Å². The lowest BCUT2D eigenvalue weighted by molar-refractivity contribution is 0.291. The van der Waals surface area contributed by atoms with E-state index in [1.54, 1.807) is 24.3 Å². The Labute approximate surface area is 157 Å². The minimum absolute atomic E-state index is 0.278. The third kappa shape index (κ3) is 5.63. The van der Waals surface area contributed by atoms with Gasteiger partial charge in [0.2, 0.25) is 0 Å². The zero-order chi connectivity index (χ0) is 18.4. The second-order valence-electron chi connectivity index (χ2n) is 5.80. The molecule has 2 aromatic carbocycles. The van der Waals surface area contributed by atoms with Gasteiger partial charge in [0.1, 0.15) is 11.6 Å². The molecule has 2 aromatic rings. The van der Waals surface area contributed by atoms with E-state index >= 15 is 0 Å². The van der Waals surface area contributed by atoms with Crippen molar-refractivity contribution in [3.8, 4) is 0 Å². The highest BCUT2D eigenvalue weighted by Gasteiger charge is 2.21. The summed E-state index contributed by atoms with van der Waals surface area (Å²) in [6.07, 6.45) is 0. The molecule has 0 aliphatic rings. The van der Waals surface area contributed by atoms with Gasteiger partial charge in [-0.3, -0.25) is 0 Å². The zero-order valence-corrected chi connectivity index (χ0v) is 15.6. The Morgan fingerprint density at radius 2 is 1.80 bits per heavy atom. The average molecular weight is 384 g/mol. The first kappa shape index (κ1) is 19.6. The molecule has 0 unspecified atom stereocenters. The number of benzene rings is 2. The Balaban J connectivity index is 1.94. The fourth-order valence-electron chi connectivity index (χ4n) is 2.41. The van der Waals surface area contributed by atoms with Crippen molar-refractivity contribution in [3.05, 3.63) is 70.2 Å². The van der Waals surface area contributed by atoms with Gasteiger partial charge in [-0.2, -0.15) is 0 Å². The number of nitrogens with one attached hydrogen (secondary N) is 2. The number of halogens is 3. The van der Waals surface area contributed by atoms with E-state index < -0.39 is 0 Å². The Morgan fingerprint density at radius 3 is 2.40 bits per heavy atom. The minimum atomic E-state index is -0.349. The van der Waals surface area contributed by atoms with E-state index in [1.165, 1.54) is 18.2 Å². The van der Waals surface area contributed by atoms with E-state index in [1.807, 2.05) is 19.0 Å². The van der Waals surface area contributed by atoms with Crippen LogP contribution in [-0.4, -0.2) is 30.7 Å². The average Bonchev–Trinajstić information content (AvgIpc) is 2.56. The van der Waals surface area contributed by atoms with Gasteiger partial charge < -0.3 is 15.5 Å². The molecule has 0 saturated heterocycles. The summed E-state index contributed by atoms with van der Waals surface area (Å²) in [5, 5.41) is 6.94. The van der Waals surface area contributed by atoms with Gasteiger partial charge >= 0.3 is 0 Å². The van der Waals surface area contributed by atoms with Crippen molar-refractivity contribution in [2.24, 2.45) is 0 Å². The quantitative estimate of drug-likeness (QED) is 0.740. The summed E-state index contributed by atoms with van der Waals surface area (Å²) in [5.41, 5.74) is 1.34. The largest absolute Gasteiger partial charge is 0.361 e. The number of hydrogen-bond acceptors (Lipinski definition) is 2. The van der Waals surface area contributed by atoms with Crippen LogP contribution in [0.2, 0.25) is 5.02 Å². The van der Waals surface area contributed by atoms with Crippen molar-refractivity contribution in [2.75, 3.05) is 20.6 Å². The van der Waals surface area contributed by atoms with Crippen molar-refractivity contribution in [2.45, 2.75) is 12.6 Å². The molecule has 0 aliphatic carbocycles. The van der Waals surface area contributed by atoms with E-state index in [9.17, 15) is 8.78 Å². The Kier molecular flexibility index (Phi) is 7.11. The highest BCUT2D eigenvalue weighted by atomic mass is 35.5. The summed E-state index contributed by atoms with van der Waals surface area (Å²) in [7, 11) is 3.70. The standard InChI is InChI=1S/C18H20ClF2N3S/c1-24(2)16(17-14(19)4-3-5-15(17)21)11-23-18(25)22-10-12-6-8-13(20)9-7-12/h3-9,16H,10-11H2,1-2H3,(H2,22,23,25)/t16-/m0/s1. The van der Waals surface area contributed by atoms with Crippen LogP contribution in [0.4, 0.5) is 8.78 Å². The van der Waals surface area contributed by atoms with Gasteiger partial charge in [0.05, 0.1) is 6.04 Å². The smallest absolute Gasteiger partial charge is 0.166 e. The molecule has 0 spiro atoms. The van der Waals surface area contributed by atoms with Gasteiger partial charge in [0, 0.05) is 23.7 Å². The normalized spacial score (nSPS) is 12.1. The van der Waals surface area contributed by atoms with E-state index in [0.717, 1.165) is 5.56 Å². The second kappa shape index (κ2) is 9.08. The van der Waals surface area contributed by atoms with Crippen LogP contribution in [-0.2, 0) is 6.54 Å². The molecule has 0 saturated carbocycles. The van der Waals surface area contributed by atoms with Crippen LogP contribution in [0, 0.1) is 11.6 Å². The van der Waals surface area contributed by atoms with Gasteiger partial charge in [0.25, 0.3) is 0 Å². The van der Waals surface area contributed by atoms with E-state index in [-0.39, 0.29) is 17.7 Å². The number of thiocarbonyl (C=S) groups is 1. The topological polar surface area (TPSA) is 27.3 Å². The number of likely N-dealkylation sites (N-methyl/N-ethyl adjacent to an activating group) is 1. The monoisotopic (exact) mass is 383 g/mol. The van der Waals surface area contributed by atoms with E-state index in [2.05, 4.69) is 10.6 Å². The highest BCUT2D eigenvalue weighted by Crippen LogP contribution is 2.28. The Morgan fingerprint density at radius 1 is 1.12 bits per heavy atom. The molecular weight excluding hydrogens is 364 g/mol. The maximum Gasteiger partial charge on any atom is 0.166 e. The first-order valence-electron chi connectivity index (χ1n) is 7.75. The molecule has 0 bridgehead atoms. The fraction of sp³-hybridized carbons (Fsp3) is 0.278. The summed E-state index contributed by atoms with van der Waals surface area (Å²) in [4.78, 5) is 1.87. The Hall–Kier alpha value is -1.76. The molecule has 134 valence electrons. The van der Waals surface area contributed by atoms with Crippen LogP contribution >= 0.6 is 23.8 Å². The SMILES string of the molecule is CN(C)[C@@H](CNC(=S)NCc1ccc(F)cc1)c1c(F)cccc1Cl. The van der Waals surface area contributed by atoms with Gasteiger partial charge in [0.15, 0.2) is 5.11 Å². The molecule has 3 nitrogen and oxygen atoms in total. The molecule has 1 atom stereocenters. The molecule has 0 aliphatic heterocycles. The van der Waals surface area contributed by atoms with E-state index in [4.69, 9.17) is 23.8 Å². The Bertz CT molecular complexity index is 703. The predicted molar refractivity (Wildman–Crippen MR) is 102 cm³/mol. The lowest BCUT2D eigenvalue weighted by Crippen LogP contribution is -2.40. The third-order valence-corrected chi connectivity index (χ3v) is 4.40. The van der Waals surface area contributed by atoms with Crippen LogP contribution < -0.4 is 10.6 Å². The summed E-state index contributed by atoms with van der Waals surface area (Å²) < 4.78 is 27.1. The van der Waals surface area contributed by atoms with Gasteiger partial charge in [-0.05, 0) is 56.1 Å². The number of rotatable bonds is 6. The minimum Gasteiger partial charge on any atom is -0.361 e. The molecule has 0 radical (unpaired) electrons. The van der Waals surface area contributed by atoms with Crippen molar-refractivity contribution in [1.82, 2.24) is 15.5 Å². The third-order valence-electron chi connectivity index (χ3n) is 3.78. The molecule has 2 N–H and O–H groups in total. The summed E-state index contributed by atoms with van der Waals surface area (Å²) in [6.45, 7) is 0.863. The molecular formula is C18H20ClF2N3S. The summed E-state index contributed by atoms with van der Waals surface area (Å²) >= 11 is 11.4. The molecule has 0 fully saturated rings. The predicted octanol–water partition coefficient (Wildman–Crippen LogP) is 3.89. The van der Waals surface area contributed by atoms with Crippen LogP contribution in [0.25, 0.3) is 0 Å². The van der Waals surface area contributed by atoms with Gasteiger partial charge in [-0.15, -0.1) is 0 Å². The maximum absolute atomic E-state index is 14.2. The van der Waals surface area contributed by atoms with Gasteiger partial charge in [-0.25, -0.2) is 8.78 Å². The highest BCUT2D eigenvalue weighted by molar-refractivity contribution is 7.80. The van der Waals surface area contributed by atoms with Crippen molar-refractivity contribution in [1.29, 1.82) is 0 Å². The molecule has 0 heterocycles. The lowest BCUT2D eigenvalue weighted by Gasteiger charge is -2.27. The zero-order valence-electron chi connectivity index (χ0n) is 14.0. The first-order valence-corrected chi connectivity index (χ1v) is 8.53. The maximum atomic E-state index is 14.2. The molecule has 0 aromatic heterocycles. The van der Waals surface area contributed by atoms with Gasteiger partial charge in [-0.1, -0.05) is 29.8 Å². The van der Waals surface area contributed by atoms with Crippen molar-refractivity contribution < 1.29 is 8.78 Å². The molecule has 7 heteroatoms. The van der Waals surface area contributed by atoms with Crippen molar-refractivity contribution >= 4 is 28.9 Å².